The minimum absolute atomic E-state index is 0.162. The Morgan fingerprint density at radius 3 is 2.47 bits per heavy atom. The Labute approximate surface area is 115 Å². The first-order valence-electron chi connectivity index (χ1n) is 6.69. The first-order chi connectivity index (χ1) is 9.11. The highest BCUT2D eigenvalue weighted by molar-refractivity contribution is 5.69. The second kappa shape index (κ2) is 8.53. The predicted octanol–water partition coefficient (Wildman–Crippen LogP) is 2.23. The molecule has 106 valence electrons. The topological polar surface area (TPSA) is 47.6 Å². The summed E-state index contributed by atoms with van der Waals surface area (Å²) in [6, 6.07) is 6.15. The lowest BCUT2D eigenvalue weighted by atomic mass is 10.1. The van der Waals surface area contributed by atoms with Crippen LogP contribution in [0.25, 0.3) is 0 Å². The fourth-order valence-corrected chi connectivity index (χ4v) is 1.81. The second-order valence-corrected chi connectivity index (χ2v) is 4.48. The van der Waals surface area contributed by atoms with Gasteiger partial charge in [-0.25, -0.2) is 0 Å². The van der Waals surface area contributed by atoms with Gasteiger partial charge >= 0.3 is 5.97 Å². The molecule has 19 heavy (non-hydrogen) atoms. The molecule has 0 fully saturated rings. The molecule has 1 rings (SSSR count). The Morgan fingerprint density at radius 2 is 1.84 bits per heavy atom. The number of esters is 1. The van der Waals surface area contributed by atoms with Crippen molar-refractivity contribution < 1.29 is 14.3 Å². The van der Waals surface area contributed by atoms with Gasteiger partial charge in [0.25, 0.3) is 0 Å². The number of hydrogen-bond acceptors (Lipinski definition) is 4. The van der Waals surface area contributed by atoms with Crippen molar-refractivity contribution in [2.75, 3.05) is 26.3 Å². The Kier molecular flexibility index (Phi) is 6.97. The van der Waals surface area contributed by atoms with E-state index >= 15 is 0 Å². The van der Waals surface area contributed by atoms with Crippen molar-refractivity contribution >= 4 is 5.97 Å². The molecule has 1 aromatic carbocycles. The van der Waals surface area contributed by atoms with Gasteiger partial charge in [0.2, 0.25) is 0 Å². The summed E-state index contributed by atoms with van der Waals surface area (Å²) < 4.78 is 10.5. The van der Waals surface area contributed by atoms with Gasteiger partial charge in [-0.3, -0.25) is 4.79 Å². The molecule has 1 aromatic rings. The number of rotatable bonds is 8. The van der Waals surface area contributed by atoms with Gasteiger partial charge in [0.15, 0.2) is 0 Å². The fraction of sp³-hybridized carbons (Fsp3) is 0.533. The van der Waals surface area contributed by atoms with E-state index in [4.69, 9.17) is 9.47 Å². The monoisotopic (exact) mass is 265 g/mol. The highest BCUT2D eigenvalue weighted by atomic mass is 16.5. The van der Waals surface area contributed by atoms with Gasteiger partial charge in [-0.15, -0.1) is 0 Å². The third-order valence-electron chi connectivity index (χ3n) is 2.55. The molecule has 0 atom stereocenters. The third kappa shape index (κ3) is 6.82. The molecule has 0 saturated carbocycles. The standard InChI is InChI=1S/C15H23NO3/c1-4-18-15(17)5-6-16-7-8-19-14-10-12(2)9-13(3)11-14/h9-11,16H,4-8H2,1-3H3. The Morgan fingerprint density at radius 1 is 1.16 bits per heavy atom. The van der Waals surface area contributed by atoms with Gasteiger partial charge in [-0.1, -0.05) is 6.07 Å². The number of carbonyl (C=O) groups is 1. The average molecular weight is 265 g/mol. The van der Waals surface area contributed by atoms with E-state index in [9.17, 15) is 4.79 Å². The molecule has 0 heterocycles. The molecule has 0 bridgehead atoms. The van der Waals surface area contributed by atoms with Crippen LogP contribution in [0.3, 0.4) is 0 Å². The molecule has 4 nitrogen and oxygen atoms in total. The summed E-state index contributed by atoms with van der Waals surface area (Å²) in [4.78, 5) is 11.1. The van der Waals surface area contributed by atoms with Crippen molar-refractivity contribution in [3.05, 3.63) is 29.3 Å². The zero-order chi connectivity index (χ0) is 14.1. The highest BCUT2D eigenvalue weighted by Gasteiger charge is 2.00. The van der Waals surface area contributed by atoms with Crippen LogP contribution in [0.1, 0.15) is 24.5 Å². The Hall–Kier alpha value is -1.55. The van der Waals surface area contributed by atoms with Gasteiger partial charge in [0.1, 0.15) is 12.4 Å². The largest absolute Gasteiger partial charge is 0.492 e. The van der Waals surface area contributed by atoms with E-state index in [0.717, 1.165) is 5.75 Å². The molecule has 0 amide bonds. The van der Waals surface area contributed by atoms with E-state index in [2.05, 4.69) is 25.2 Å². The Balaban J connectivity index is 2.12. The van der Waals surface area contributed by atoms with Gasteiger partial charge < -0.3 is 14.8 Å². The smallest absolute Gasteiger partial charge is 0.307 e. The zero-order valence-electron chi connectivity index (χ0n) is 12.0. The van der Waals surface area contributed by atoms with E-state index in [1.54, 1.807) is 0 Å². The maximum absolute atomic E-state index is 11.1. The number of aryl methyl sites for hydroxylation is 2. The summed E-state index contributed by atoms with van der Waals surface area (Å²) in [6.45, 7) is 8.28. The van der Waals surface area contributed by atoms with Gasteiger partial charge in [0, 0.05) is 13.1 Å². The van der Waals surface area contributed by atoms with E-state index in [-0.39, 0.29) is 5.97 Å². The van der Waals surface area contributed by atoms with E-state index in [1.165, 1.54) is 11.1 Å². The van der Waals surface area contributed by atoms with Crippen molar-refractivity contribution in [3.63, 3.8) is 0 Å². The maximum Gasteiger partial charge on any atom is 0.307 e. The highest BCUT2D eigenvalue weighted by Crippen LogP contribution is 2.15. The summed E-state index contributed by atoms with van der Waals surface area (Å²) in [7, 11) is 0. The van der Waals surface area contributed by atoms with Crippen LogP contribution in [0.15, 0.2) is 18.2 Å². The first kappa shape index (κ1) is 15.5. The number of benzene rings is 1. The number of ether oxygens (including phenoxy) is 2. The minimum atomic E-state index is -0.162. The van der Waals surface area contributed by atoms with Crippen molar-refractivity contribution in [2.24, 2.45) is 0 Å². The van der Waals surface area contributed by atoms with E-state index in [0.29, 0.717) is 32.7 Å². The molecule has 0 aliphatic heterocycles. The van der Waals surface area contributed by atoms with Crippen molar-refractivity contribution in [1.29, 1.82) is 0 Å². The molecule has 0 aromatic heterocycles. The van der Waals surface area contributed by atoms with E-state index < -0.39 is 0 Å². The third-order valence-corrected chi connectivity index (χ3v) is 2.55. The first-order valence-corrected chi connectivity index (χ1v) is 6.69. The minimum Gasteiger partial charge on any atom is -0.492 e. The molecule has 0 aliphatic carbocycles. The molecule has 1 N–H and O–H groups in total. The normalized spacial score (nSPS) is 10.3. The summed E-state index contributed by atoms with van der Waals surface area (Å²) in [5.41, 5.74) is 2.40. The zero-order valence-corrected chi connectivity index (χ0v) is 12.0. The molecule has 0 aliphatic rings. The van der Waals surface area contributed by atoms with Crippen LogP contribution in [0.4, 0.5) is 0 Å². The number of hydrogen-bond donors (Lipinski definition) is 1. The summed E-state index contributed by atoms with van der Waals surface area (Å²) in [5, 5.41) is 3.15. The van der Waals surface area contributed by atoms with Gasteiger partial charge in [-0.2, -0.15) is 0 Å². The summed E-state index contributed by atoms with van der Waals surface area (Å²) in [5.74, 6) is 0.731. The lowest BCUT2D eigenvalue weighted by Gasteiger charge is -2.09. The molecular weight excluding hydrogens is 242 g/mol. The summed E-state index contributed by atoms with van der Waals surface area (Å²) in [6.07, 6.45) is 0.400. The van der Waals surface area contributed by atoms with Gasteiger partial charge in [-0.05, 0) is 44.0 Å². The van der Waals surface area contributed by atoms with Crippen LogP contribution in [-0.2, 0) is 9.53 Å². The number of nitrogens with one attached hydrogen (secondary N) is 1. The lowest BCUT2D eigenvalue weighted by molar-refractivity contribution is -0.142. The molecule has 0 spiro atoms. The number of carbonyl (C=O) groups excluding carboxylic acids is 1. The van der Waals surface area contributed by atoms with Crippen LogP contribution in [0, 0.1) is 13.8 Å². The second-order valence-electron chi connectivity index (χ2n) is 4.48. The van der Waals surface area contributed by atoms with Crippen molar-refractivity contribution in [2.45, 2.75) is 27.2 Å². The van der Waals surface area contributed by atoms with Crippen molar-refractivity contribution in [3.8, 4) is 5.75 Å². The molecule has 0 saturated heterocycles. The van der Waals surface area contributed by atoms with Crippen LogP contribution >= 0.6 is 0 Å². The maximum atomic E-state index is 11.1. The Bertz CT molecular complexity index is 384. The fourth-order valence-electron chi connectivity index (χ4n) is 1.81. The van der Waals surface area contributed by atoms with Crippen LogP contribution in [0.2, 0.25) is 0 Å². The molecule has 0 radical (unpaired) electrons. The van der Waals surface area contributed by atoms with Gasteiger partial charge in [0.05, 0.1) is 13.0 Å². The van der Waals surface area contributed by atoms with Crippen LogP contribution in [-0.4, -0.2) is 32.3 Å². The molecule has 4 heteroatoms. The quantitative estimate of drug-likeness (QED) is 0.578. The van der Waals surface area contributed by atoms with Crippen LogP contribution < -0.4 is 10.1 Å². The molecule has 0 unspecified atom stereocenters. The summed E-state index contributed by atoms with van der Waals surface area (Å²) >= 11 is 0. The SMILES string of the molecule is CCOC(=O)CCNCCOc1cc(C)cc(C)c1. The lowest BCUT2D eigenvalue weighted by Crippen LogP contribution is -2.24. The average Bonchev–Trinajstić information content (AvgIpc) is 2.32. The van der Waals surface area contributed by atoms with Crippen molar-refractivity contribution in [1.82, 2.24) is 5.32 Å². The van der Waals surface area contributed by atoms with Crippen LogP contribution in [0.5, 0.6) is 5.75 Å². The molecular formula is C15H23NO3. The van der Waals surface area contributed by atoms with E-state index in [1.807, 2.05) is 19.1 Å². The predicted molar refractivity (Wildman–Crippen MR) is 75.5 cm³/mol.